The van der Waals surface area contributed by atoms with E-state index in [0.29, 0.717) is 44.4 Å². The summed E-state index contributed by atoms with van der Waals surface area (Å²) >= 11 is 0. The Morgan fingerprint density at radius 3 is 2.20 bits per heavy atom. The van der Waals surface area contributed by atoms with Crippen LogP contribution in [0.25, 0.3) is 0 Å². The fourth-order valence-electron chi connectivity index (χ4n) is 6.46. The molecule has 3 rings (SSSR count). The van der Waals surface area contributed by atoms with Crippen molar-refractivity contribution in [3.8, 4) is 0 Å². The zero-order valence-corrected chi connectivity index (χ0v) is 30.5. The van der Waals surface area contributed by atoms with Crippen LogP contribution < -0.4 is 10.6 Å². The molecular formula is C34H59N5O6S. The summed E-state index contributed by atoms with van der Waals surface area (Å²) in [5, 5.41) is 16.5. The first-order valence-electron chi connectivity index (χ1n) is 17.0. The van der Waals surface area contributed by atoms with Crippen molar-refractivity contribution in [2.45, 2.75) is 136 Å². The van der Waals surface area contributed by atoms with E-state index < -0.39 is 51.0 Å². The largest absolute Gasteiger partial charge is 0.445 e. The van der Waals surface area contributed by atoms with Gasteiger partial charge < -0.3 is 20.5 Å². The molecule has 2 aliphatic heterocycles. The number of carbonyl (C=O) groups is 2. The molecule has 0 unspecified atom stereocenters. The van der Waals surface area contributed by atoms with E-state index >= 15 is 0 Å². The van der Waals surface area contributed by atoms with Crippen LogP contribution in [-0.4, -0.2) is 107 Å². The number of carbonyl (C=O) groups excluding carboxylic acids is 2. The maximum absolute atomic E-state index is 13.6. The van der Waals surface area contributed by atoms with Gasteiger partial charge in [-0.15, -0.1) is 0 Å². The van der Waals surface area contributed by atoms with Crippen LogP contribution in [-0.2, 0) is 25.9 Å². The molecule has 0 aliphatic carbocycles. The average Bonchev–Trinajstić information content (AvgIpc) is 3.24. The Labute approximate surface area is 277 Å². The predicted octanol–water partition coefficient (Wildman–Crippen LogP) is 3.81. The lowest BCUT2D eigenvalue weighted by Gasteiger charge is -2.43. The Morgan fingerprint density at radius 2 is 1.67 bits per heavy atom. The molecule has 12 heteroatoms. The SMILES string of the molecule is CC[C@H](NC(=O)O[C@@H]1CCS(=O)(=O)[C@@H]1C(C)C)[C@H](O)CN1CCN(Cc2cc(C(C)C)nc(C(C)C)c2)C[C@H]1C(=O)NC(C)(C)C. The maximum Gasteiger partial charge on any atom is 0.407 e. The van der Waals surface area contributed by atoms with Crippen molar-refractivity contribution in [3.05, 3.63) is 29.1 Å². The average molecular weight is 666 g/mol. The Hall–Kier alpha value is -2.28. The summed E-state index contributed by atoms with van der Waals surface area (Å²) < 4.78 is 30.6. The molecule has 3 N–H and O–H groups in total. The number of piperazine rings is 1. The van der Waals surface area contributed by atoms with Crippen molar-refractivity contribution < 1.29 is 27.9 Å². The highest BCUT2D eigenvalue weighted by Crippen LogP contribution is 2.29. The van der Waals surface area contributed by atoms with Gasteiger partial charge in [0.05, 0.1) is 17.9 Å². The van der Waals surface area contributed by atoms with E-state index in [-0.39, 0.29) is 30.5 Å². The van der Waals surface area contributed by atoms with E-state index in [2.05, 4.69) is 55.4 Å². The molecule has 3 heterocycles. The third-order valence-corrected chi connectivity index (χ3v) is 11.4. The standard InChI is InChI=1S/C34H59N5O6S/c1-11-25(36-33(42)45-30-12-15-46(43,44)31(30)23(6)7)29(40)20-39-14-13-38(19-28(39)32(41)37-34(8,9)10)18-24-16-26(21(2)3)35-27(17-24)22(4)5/h16-17,21-23,25,28-31,40H,11-15,18-20H2,1-10H3,(H,36,42)(H,37,41)/t25-,28-,29+,30+,31+/m0/s1. The summed E-state index contributed by atoms with van der Waals surface area (Å²) in [6.45, 7) is 22.6. The van der Waals surface area contributed by atoms with E-state index in [0.717, 1.165) is 11.4 Å². The number of rotatable bonds is 12. The second-order valence-corrected chi connectivity index (χ2v) is 17.4. The highest BCUT2D eigenvalue weighted by molar-refractivity contribution is 7.92. The van der Waals surface area contributed by atoms with Gasteiger partial charge >= 0.3 is 6.09 Å². The molecule has 2 saturated heterocycles. The number of sulfone groups is 1. The number of nitrogens with zero attached hydrogens (tertiary/aromatic N) is 3. The van der Waals surface area contributed by atoms with Gasteiger partial charge in [-0.3, -0.25) is 19.6 Å². The van der Waals surface area contributed by atoms with Gasteiger partial charge in [-0.05, 0) is 69.1 Å². The summed E-state index contributed by atoms with van der Waals surface area (Å²) in [7, 11) is -3.32. The number of alkyl carbamates (subject to hydrolysis) is 1. The number of aromatic nitrogens is 1. The normalized spacial score (nSPS) is 23.9. The van der Waals surface area contributed by atoms with Gasteiger partial charge in [-0.2, -0.15) is 0 Å². The van der Waals surface area contributed by atoms with E-state index in [1.165, 1.54) is 5.56 Å². The Balaban J connectivity index is 1.72. The lowest BCUT2D eigenvalue weighted by atomic mass is 10.0. The number of ether oxygens (including phenoxy) is 1. The van der Waals surface area contributed by atoms with Crippen molar-refractivity contribution in [3.63, 3.8) is 0 Å². The van der Waals surface area contributed by atoms with Crippen molar-refractivity contribution in [1.29, 1.82) is 0 Å². The molecule has 0 spiro atoms. The second kappa shape index (κ2) is 15.7. The molecule has 11 nitrogen and oxygen atoms in total. The van der Waals surface area contributed by atoms with Crippen LogP contribution in [0.4, 0.5) is 4.79 Å². The molecule has 1 aromatic rings. The first-order chi connectivity index (χ1) is 21.3. The molecule has 46 heavy (non-hydrogen) atoms. The Bertz CT molecular complexity index is 1270. The van der Waals surface area contributed by atoms with Crippen molar-refractivity contribution in [2.24, 2.45) is 5.92 Å². The topological polar surface area (TPSA) is 141 Å². The van der Waals surface area contributed by atoms with Gasteiger partial charge in [0.1, 0.15) is 17.4 Å². The molecule has 0 saturated carbocycles. The first-order valence-corrected chi connectivity index (χ1v) is 18.7. The zero-order valence-electron chi connectivity index (χ0n) is 29.7. The van der Waals surface area contributed by atoms with E-state index in [4.69, 9.17) is 9.72 Å². The van der Waals surface area contributed by atoms with Crippen LogP contribution in [0.5, 0.6) is 0 Å². The minimum Gasteiger partial charge on any atom is -0.445 e. The lowest BCUT2D eigenvalue weighted by Crippen LogP contribution is -2.63. The highest BCUT2D eigenvalue weighted by Gasteiger charge is 2.44. The van der Waals surface area contributed by atoms with Gasteiger partial charge in [0, 0.05) is 49.7 Å². The molecule has 0 bridgehead atoms. The van der Waals surface area contributed by atoms with Gasteiger partial charge in [-0.25, -0.2) is 13.2 Å². The number of aliphatic hydroxyl groups is 1. The molecule has 2 fully saturated rings. The number of amides is 2. The fraction of sp³-hybridized carbons (Fsp3) is 0.794. The molecule has 2 aliphatic rings. The molecular weight excluding hydrogens is 606 g/mol. The summed E-state index contributed by atoms with van der Waals surface area (Å²) in [6, 6.07) is 3.20. The van der Waals surface area contributed by atoms with Crippen LogP contribution in [0, 0.1) is 5.92 Å². The second-order valence-electron chi connectivity index (χ2n) is 15.2. The Kier molecular flexibility index (Phi) is 13.1. The van der Waals surface area contributed by atoms with Crippen LogP contribution >= 0.6 is 0 Å². The molecule has 1 aromatic heterocycles. The highest BCUT2D eigenvalue weighted by atomic mass is 32.2. The predicted molar refractivity (Wildman–Crippen MR) is 181 cm³/mol. The van der Waals surface area contributed by atoms with E-state index in [1.54, 1.807) is 0 Å². The molecule has 2 amide bonds. The van der Waals surface area contributed by atoms with Gasteiger partial charge in [0.15, 0.2) is 9.84 Å². The first kappa shape index (κ1) is 38.2. The third kappa shape index (κ3) is 10.4. The third-order valence-electron chi connectivity index (χ3n) is 8.90. The minimum atomic E-state index is -3.32. The number of hydrogen-bond acceptors (Lipinski definition) is 9. The van der Waals surface area contributed by atoms with Crippen LogP contribution in [0.1, 0.15) is 111 Å². The van der Waals surface area contributed by atoms with Crippen LogP contribution in [0.15, 0.2) is 12.1 Å². The van der Waals surface area contributed by atoms with Crippen molar-refractivity contribution in [2.75, 3.05) is 31.9 Å². The zero-order chi connectivity index (χ0) is 34.6. The minimum absolute atomic E-state index is 0.00341. The van der Waals surface area contributed by atoms with E-state index in [1.807, 2.05) is 46.4 Å². The number of pyridine rings is 1. The quantitative estimate of drug-likeness (QED) is 0.304. The lowest BCUT2D eigenvalue weighted by molar-refractivity contribution is -0.131. The summed E-state index contributed by atoms with van der Waals surface area (Å²) in [5.74, 6) is 0.326. The fourth-order valence-corrected chi connectivity index (χ4v) is 8.78. The van der Waals surface area contributed by atoms with Crippen LogP contribution in [0.2, 0.25) is 0 Å². The van der Waals surface area contributed by atoms with Gasteiger partial charge in [0.25, 0.3) is 0 Å². The van der Waals surface area contributed by atoms with Crippen molar-refractivity contribution in [1.82, 2.24) is 25.4 Å². The van der Waals surface area contributed by atoms with Crippen LogP contribution in [0.3, 0.4) is 0 Å². The number of aliphatic hydroxyl groups excluding tert-OH is 1. The van der Waals surface area contributed by atoms with E-state index in [9.17, 15) is 23.1 Å². The van der Waals surface area contributed by atoms with Gasteiger partial charge in [0.2, 0.25) is 5.91 Å². The monoisotopic (exact) mass is 665 g/mol. The number of β-amino-alcohol motifs (C(OH)–C–C–N with tert-alkyl or cyclic N) is 1. The number of nitrogens with one attached hydrogen (secondary N) is 2. The summed E-state index contributed by atoms with van der Waals surface area (Å²) in [6.07, 6.45) is -1.71. The Morgan fingerprint density at radius 1 is 1.07 bits per heavy atom. The van der Waals surface area contributed by atoms with Crippen molar-refractivity contribution >= 4 is 21.8 Å². The molecule has 0 aromatic carbocycles. The maximum atomic E-state index is 13.6. The summed E-state index contributed by atoms with van der Waals surface area (Å²) in [4.78, 5) is 35.7. The van der Waals surface area contributed by atoms with Gasteiger partial charge in [-0.1, -0.05) is 48.5 Å². The molecule has 5 atom stereocenters. The smallest absolute Gasteiger partial charge is 0.407 e. The number of hydrogen-bond donors (Lipinski definition) is 3. The molecule has 262 valence electrons. The summed E-state index contributed by atoms with van der Waals surface area (Å²) in [5.41, 5.74) is 2.88. The molecule has 0 radical (unpaired) electrons.